The average molecular weight is 311 g/mol. The minimum absolute atomic E-state index is 0.0361. The standard InChI is InChI=1S/C14H19BrN2O/c1-10(12-4-2-3-5-13(12)15)17-14(18)8-9-16-11-6-7-11/h2-5,10-11,16H,6-9H2,1H3,(H,17,18). The third kappa shape index (κ3) is 4.10. The normalized spacial score (nSPS) is 16.3. The van der Waals surface area contributed by atoms with Crippen LogP contribution < -0.4 is 10.6 Å². The smallest absolute Gasteiger partial charge is 0.221 e. The Kier molecular flexibility index (Phi) is 4.78. The van der Waals surface area contributed by atoms with E-state index in [1.54, 1.807) is 0 Å². The molecule has 1 fully saturated rings. The maximum Gasteiger partial charge on any atom is 0.221 e. The average Bonchev–Trinajstić information content (AvgIpc) is 3.13. The van der Waals surface area contributed by atoms with Crippen molar-refractivity contribution in [3.63, 3.8) is 0 Å². The Labute approximate surface area is 116 Å². The van der Waals surface area contributed by atoms with Gasteiger partial charge in [-0.25, -0.2) is 0 Å². The first-order valence-corrected chi connectivity index (χ1v) is 7.23. The number of hydrogen-bond acceptors (Lipinski definition) is 2. The SMILES string of the molecule is CC(NC(=O)CCNC1CC1)c1ccccc1Br. The van der Waals surface area contributed by atoms with Gasteiger partial charge in [-0.05, 0) is 31.4 Å². The maximum absolute atomic E-state index is 11.8. The molecular weight excluding hydrogens is 292 g/mol. The summed E-state index contributed by atoms with van der Waals surface area (Å²) in [5, 5.41) is 6.36. The van der Waals surface area contributed by atoms with Crippen LogP contribution in [0.2, 0.25) is 0 Å². The van der Waals surface area contributed by atoms with Crippen molar-refractivity contribution < 1.29 is 4.79 Å². The van der Waals surface area contributed by atoms with Crippen LogP contribution >= 0.6 is 15.9 Å². The van der Waals surface area contributed by atoms with Crippen LogP contribution in [0.1, 0.15) is 37.8 Å². The molecule has 0 radical (unpaired) electrons. The number of rotatable bonds is 6. The van der Waals surface area contributed by atoms with Crippen LogP contribution in [0.25, 0.3) is 0 Å². The van der Waals surface area contributed by atoms with Gasteiger partial charge in [-0.1, -0.05) is 34.1 Å². The predicted molar refractivity (Wildman–Crippen MR) is 76.3 cm³/mol. The lowest BCUT2D eigenvalue weighted by Gasteiger charge is -2.16. The number of nitrogens with one attached hydrogen (secondary N) is 2. The van der Waals surface area contributed by atoms with E-state index in [1.807, 2.05) is 31.2 Å². The number of carbonyl (C=O) groups excluding carboxylic acids is 1. The molecule has 2 N–H and O–H groups in total. The molecule has 98 valence electrons. The van der Waals surface area contributed by atoms with E-state index in [0.717, 1.165) is 16.6 Å². The first kappa shape index (κ1) is 13.6. The minimum Gasteiger partial charge on any atom is -0.350 e. The van der Waals surface area contributed by atoms with Crippen molar-refractivity contribution in [3.05, 3.63) is 34.3 Å². The van der Waals surface area contributed by atoms with Gasteiger partial charge in [-0.2, -0.15) is 0 Å². The number of benzene rings is 1. The summed E-state index contributed by atoms with van der Waals surface area (Å²) < 4.78 is 1.04. The first-order chi connectivity index (χ1) is 8.66. The Morgan fingerprint density at radius 2 is 2.17 bits per heavy atom. The van der Waals surface area contributed by atoms with Gasteiger partial charge < -0.3 is 10.6 Å². The zero-order valence-electron chi connectivity index (χ0n) is 10.6. The first-order valence-electron chi connectivity index (χ1n) is 6.44. The highest BCUT2D eigenvalue weighted by molar-refractivity contribution is 9.10. The number of carbonyl (C=O) groups is 1. The second-order valence-electron chi connectivity index (χ2n) is 4.79. The zero-order valence-corrected chi connectivity index (χ0v) is 12.2. The number of amides is 1. The fourth-order valence-electron chi connectivity index (χ4n) is 1.89. The molecule has 0 saturated heterocycles. The van der Waals surface area contributed by atoms with Crippen molar-refractivity contribution in [1.82, 2.24) is 10.6 Å². The molecule has 0 bridgehead atoms. The van der Waals surface area contributed by atoms with E-state index in [-0.39, 0.29) is 11.9 Å². The summed E-state index contributed by atoms with van der Waals surface area (Å²) in [5.41, 5.74) is 1.11. The summed E-state index contributed by atoms with van der Waals surface area (Å²) in [4.78, 5) is 11.8. The van der Waals surface area contributed by atoms with E-state index in [4.69, 9.17) is 0 Å². The monoisotopic (exact) mass is 310 g/mol. The second-order valence-corrected chi connectivity index (χ2v) is 5.64. The fourth-order valence-corrected chi connectivity index (χ4v) is 2.52. The fraction of sp³-hybridized carbons (Fsp3) is 0.500. The summed E-state index contributed by atoms with van der Waals surface area (Å²) in [6.07, 6.45) is 3.06. The molecule has 1 aromatic carbocycles. The lowest BCUT2D eigenvalue weighted by Crippen LogP contribution is -2.30. The van der Waals surface area contributed by atoms with Gasteiger partial charge in [0.1, 0.15) is 0 Å². The predicted octanol–water partition coefficient (Wildman–Crippen LogP) is 2.77. The lowest BCUT2D eigenvalue weighted by atomic mass is 10.1. The Morgan fingerprint density at radius 1 is 1.44 bits per heavy atom. The summed E-state index contributed by atoms with van der Waals surface area (Å²) in [5.74, 6) is 0.103. The van der Waals surface area contributed by atoms with Crippen LogP contribution in [0, 0.1) is 0 Å². The van der Waals surface area contributed by atoms with Crippen LogP contribution in [0.4, 0.5) is 0 Å². The van der Waals surface area contributed by atoms with E-state index in [2.05, 4.69) is 26.6 Å². The molecule has 0 spiro atoms. The van der Waals surface area contributed by atoms with Gasteiger partial charge in [0.2, 0.25) is 5.91 Å². The molecule has 0 aromatic heterocycles. The molecular formula is C14H19BrN2O. The molecule has 4 heteroatoms. The second kappa shape index (κ2) is 6.34. The minimum atomic E-state index is 0.0361. The summed E-state index contributed by atoms with van der Waals surface area (Å²) in [6.45, 7) is 2.78. The summed E-state index contributed by atoms with van der Waals surface area (Å²) >= 11 is 3.50. The highest BCUT2D eigenvalue weighted by atomic mass is 79.9. The molecule has 0 heterocycles. The Morgan fingerprint density at radius 3 is 2.83 bits per heavy atom. The van der Waals surface area contributed by atoms with Crippen molar-refractivity contribution in [2.45, 2.75) is 38.3 Å². The topological polar surface area (TPSA) is 41.1 Å². The third-order valence-electron chi connectivity index (χ3n) is 3.11. The van der Waals surface area contributed by atoms with Gasteiger partial charge >= 0.3 is 0 Å². The summed E-state index contributed by atoms with van der Waals surface area (Å²) in [7, 11) is 0. The Hall–Kier alpha value is -0.870. The van der Waals surface area contributed by atoms with Gasteiger partial charge in [-0.3, -0.25) is 4.79 Å². The van der Waals surface area contributed by atoms with E-state index < -0.39 is 0 Å². The van der Waals surface area contributed by atoms with E-state index in [0.29, 0.717) is 12.5 Å². The van der Waals surface area contributed by atoms with Crippen molar-refractivity contribution in [2.24, 2.45) is 0 Å². The lowest BCUT2D eigenvalue weighted by molar-refractivity contribution is -0.121. The Balaban J connectivity index is 1.77. The molecule has 0 aliphatic heterocycles. The zero-order chi connectivity index (χ0) is 13.0. The van der Waals surface area contributed by atoms with Crippen LogP contribution in [-0.4, -0.2) is 18.5 Å². The molecule has 1 amide bonds. The highest BCUT2D eigenvalue weighted by Crippen LogP contribution is 2.22. The van der Waals surface area contributed by atoms with Crippen LogP contribution in [0.3, 0.4) is 0 Å². The molecule has 1 aliphatic carbocycles. The molecule has 1 aromatic rings. The summed E-state index contributed by atoms with van der Waals surface area (Å²) in [6, 6.07) is 8.68. The molecule has 2 rings (SSSR count). The van der Waals surface area contributed by atoms with Crippen LogP contribution in [0.15, 0.2) is 28.7 Å². The van der Waals surface area contributed by atoms with Gasteiger partial charge in [-0.15, -0.1) is 0 Å². The molecule has 1 saturated carbocycles. The van der Waals surface area contributed by atoms with Gasteiger partial charge in [0.15, 0.2) is 0 Å². The van der Waals surface area contributed by atoms with E-state index in [1.165, 1.54) is 12.8 Å². The Bertz CT molecular complexity index is 418. The highest BCUT2D eigenvalue weighted by Gasteiger charge is 2.20. The van der Waals surface area contributed by atoms with Crippen LogP contribution in [-0.2, 0) is 4.79 Å². The van der Waals surface area contributed by atoms with Crippen molar-refractivity contribution >= 4 is 21.8 Å². The molecule has 1 aliphatic rings. The largest absolute Gasteiger partial charge is 0.350 e. The van der Waals surface area contributed by atoms with Gasteiger partial charge in [0.05, 0.1) is 6.04 Å². The maximum atomic E-state index is 11.8. The van der Waals surface area contributed by atoms with Crippen molar-refractivity contribution in [2.75, 3.05) is 6.54 Å². The third-order valence-corrected chi connectivity index (χ3v) is 3.83. The molecule has 18 heavy (non-hydrogen) atoms. The molecule has 1 atom stereocenters. The van der Waals surface area contributed by atoms with E-state index in [9.17, 15) is 4.79 Å². The van der Waals surface area contributed by atoms with Gasteiger partial charge in [0, 0.05) is 23.5 Å². The number of hydrogen-bond donors (Lipinski definition) is 2. The van der Waals surface area contributed by atoms with Gasteiger partial charge in [0.25, 0.3) is 0 Å². The van der Waals surface area contributed by atoms with Crippen molar-refractivity contribution in [3.8, 4) is 0 Å². The van der Waals surface area contributed by atoms with Crippen molar-refractivity contribution in [1.29, 1.82) is 0 Å². The molecule has 1 unspecified atom stereocenters. The number of halogens is 1. The van der Waals surface area contributed by atoms with Crippen LogP contribution in [0.5, 0.6) is 0 Å². The van der Waals surface area contributed by atoms with E-state index >= 15 is 0 Å². The quantitative estimate of drug-likeness (QED) is 0.848. The molecule has 3 nitrogen and oxygen atoms in total.